The Balaban J connectivity index is 1.55. The van der Waals surface area contributed by atoms with Crippen molar-refractivity contribution in [1.29, 1.82) is 0 Å². The van der Waals surface area contributed by atoms with Crippen molar-refractivity contribution in [3.05, 3.63) is 57.2 Å². The van der Waals surface area contributed by atoms with E-state index in [1.54, 1.807) is 24.0 Å². The Morgan fingerprint density at radius 2 is 1.97 bits per heavy atom. The van der Waals surface area contributed by atoms with Crippen molar-refractivity contribution in [2.24, 2.45) is 0 Å². The maximum absolute atomic E-state index is 14.3. The van der Waals surface area contributed by atoms with E-state index in [1.807, 2.05) is 11.8 Å². The number of hydrogen-bond acceptors (Lipinski definition) is 4. The number of aromatic nitrogens is 1. The van der Waals surface area contributed by atoms with Gasteiger partial charge in [0.15, 0.2) is 0 Å². The molecule has 3 heterocycles. The molecule has 0 aliphatic carbocycles. The standard InChI is InChI=1S/C22H22Cl2F3N3OS/c1-13-18(20(31)28-11-17-4-7-32-17)2-3-19(29-13)30-6-5-21(12-30,22(25,26)27)14-8-15(23)10-16(24)9-14/h2-3,8-10,17H,4-7,11-12H2,1H3,(H,28,31). The molecule has 0 bridgehead atoms. The number of amides is 1. The first kappa shape index (κ1) is 23.5. The lowest BCUT2D eigenvalue weighted by molar-refractivity contribution is -0.184. The van der Waals surface area contributed by atoms with Gasteiger partial charge in [-0.3, -0.25) is 4.79 Å². The highest BCUT2D eigenvalue weighted by Gasteiger charge is 2.59. The van der Waals surface area contributed by atoms with Gasteiger partial charge in [-0.15, -0.1) is 0 Å². The number of thioether (sulfide) groups is 1. The van der Waals surface area contributed by atoms with Crippen LogP contribution in [-0.4, -0.2) is 47.7 Å². The highest BCUT2D eigenvalue weighted by atomic mass is 35.5. The van der Waals surface area contributed by atoms with Crippen LogP contribution in [0.5, 0.6) is 0 Å². The Labute approximate surface area is 198 Å². The van der Waals surface area contributed by atoms with Crippen LogP contribution in [0.4, 0.5) is 19.0 Å². The molecule has 2 unspecified atom stereocenters. The second-order valence-corrected chi connectivity index (χ2v) is 10.5. The number of aryl methyl sites for hydroxylation is 1. The van der Waals surface area contributed by atoms with Crippen molar-refractivity contribution < 1.29 is 18.0 Å². The van der Waals surface area contributed by atoms with Gasteiger partial charge >= 0.3 is 6.18 Å². The number of pyridine rings is 1. The summed E-state index contributed by atoms with van der Waals surface area (Å²) < 4.78 is 42.9. The summed E-state index contributed by atoms with van der Waals surface area (Å²) in [6.07, 6.45) is -3.55. The van der Waals surface area contributed by atoms with E-state index in [0.717, 1.165) is 12.2 Å². The van der Waals surface area contributed by atoms with Crippen LogP contribution in [0.1, 0.15) is 34.5 Å². The fourth-order valence-corrected chi connectivity index (χ4v) is 5.47. The molecule has 4 nitrogen and oxygen atoms in total. The van der Waals surface area contributed by atoms with Crippen molar-refractivity contribution in [3.8, 4) is 0 Å². The Kier molecular flexibility index (Phi) is 6.58. The smallest absolute Gasteiger partial charge is 0.355 e. The van der Waals surface area contributed by atoms with Crippen molar-refractivity contribution in [3.63, 3.8) is 0 Å². The minimum absolute atomic E-state index is 0.0478. The van der Waals surface area contributed by atoms with E-state index in [1.165, 1.54) is 18.2 Å². The first-order valence-corrected chi connectivity index (χ1v) is 12.1. The number of alkyl halides is 3. The number of carbonyl (C=O) groups is 1. The summed E-state index contributed by atoms with van der Waals surface area (Å²) in [6, 6.07) is 7.32. The number of nitrogens with zero attached hydrogens (tertiary/aromatic N) is 2. The normalized spacial score (nSPS) is 23.2. The van der Waals surface area contributed by atoms with Crippen molar-refractivity contribution in [1.82, 2.24) is 10.3 Å². The molecule has 1 aromatic heterocycles. The van der Waals surface area contributed by atoms with Gasteiger partial charge in [0, 0.05) is 34.9 Å². The number of nitrogens with one attached hydrogen (secondary N) is 1. The van der Waals surface area contributed by atoms with Crippen LogP contribution in [0, 0.1) is 6.92 Å². The average Bonchev–Trinajstić information content (AvgIpc) is 3.12. The van der Waals surface area contributed by atoms with Crippen LogP contribution in [0.3, 0.4) is 0 Å². The van der Waals surface area contributed by atoms with Gasteiger partial charge in [-0.1, -0.05) is 23.2 Å². The van der Waals surface area contributed by atoms with Gasteiger partial charge in [0.25, 0.3) is 5.91 Å². The molecule has 1 N–H and O–H groups in total. The van der Waals surface area contributed by atoms with E-state index in [0.29, 0.717) is 28.9 Å². The molecule has 2 aromatic rings. The van der Waals surface area contributed by atoms with Crippen LogP contribution in [0.25, 0.3) is 0 Å². The maximum Gasteiger partial charge on any atom is 0.400 e. The molecule has 10 heteroatoms. The lowest BCUT2D eigenvalue weighted by Gasteiger charge is -2.33. The summed E-state index contributed by atoms with van der Waals surface area (Å²) in [5.41, 5.74) is -1.14. The summed E-state index contributed by atoms with van der Waals surface area (Å²) in [7, 11) is 0. The lowest BCUT2D eigenvalue weighted by Crippen LogP contribution is -2.45. The maximum atomic E-state index is 14.3. The first-order chi connectivity index (χ1) is 15.1. The van der Waals surface area contributed by atoms with E-state index in [2.05, 4.69) is 10.3 Å². The number of anilines is 1. The van der Waals surface area contributed by atoms with Crippen LogP contribution in [0.2, 0.25) is 10.0 Å². The highest BCUT2D eigenvalue weighted by molar-refractivity contribution is 8.01. The number of benzene rings is 1. The van der Waals surface area contributed by atoms with Crippen molar-refractivity contribution >= 4 is 46.7 Å². The summed E-state index contributed by atoms with van der Waals surface area (Å²) in [5.74, 6) is 1.31. The third kappa shape index (κ3) is 4.54. The van der Waals surface area contributed by atoms with Gasteiger partial charge in [-0.25, -0.2) is 4.98 Å². The van der Waals surface area contributed by atoms with Crippen LogP contribution >= 0.6 is 35.0 Å². The molecule has 2 atom stereocenters. The quantitative estimate of drug-likeness (QED) is 0.573. The van der Waals surface area contributed by atoms with Gasteiger partial charge in [-0.05, 0) is 61.4 Å². The predicted molar refractivity (Wildman–Crippen MR) is 123 cm³/mol. The Bertz CT molecular complexity index is 1010. The largest absolute Gasteiger partial charge is 0.400 e. The molecule has 1 aromatic carbocycles. The fraction of sp³-hybridized carbons (Fsp3) is 0.455. The third-order valence-corrected chi connectivity index (χ3v) is 7.93. The third-order valence-electron chi connectivity index (χ3n) is 6.15. The van der Waals surface area contributed by atoms with Gasteiger partial charge in [0.1, 0.15) is 11.2 Å². The zero-order valence-electron chi connectivity index (χ0n) is 17.3. The zero-order valence-corrected chi connectivity index (χ0v) is 19.6. The molecule has 0 radical (unpaired) electrons. The second kappa shape index (κ2) is 8.95. The second-order valence-electron chi connectivity index (χ2n) is 8.20. The van der Waals surface area contributed by atoms with Gasteiger partial charge in [-0.2, -0.15) is 24.9 Å². The fourth-order valence-electron chi connectivity index (χ4n) is 4.18. The average molecular weight is 504 g/mol. The molecule has 2 saturated heterocycles. The number of hydrogen-bond donors (Lipinski definition) is 1. The van der Waals surface area contributed by atoms with Crippen molar-refractivity contribution in [2.45, 2.75) is 36.6 Å². The van der Waals surface area contributed by atoms with E-state index in [-0.39, 0.29) is 41.0 Å². The minimum Gasteiger partial charge on any atom is -0.355 e. The van der Waals surface area contributed by atoms with E-state index < -0.39 is 11.6 Å². The summed E-state index contributed by atoms with van der Waals surface area (Å²) in [5, 5.41) is 3.69. The Morgan fingerprint density at radius 1 is 1.28 bits per heavy atom. The van der Waals surface area contributed by atoms with Crippen molar-refractivity contribution in [2.75, 3.05) is 30.3 Å². The molecule has 2 fully saturated rings. The van der Waals surface area contributed by atoms with Crippen LogP contribution in [-0.2, 0) is 5.41 Å². The first-order valence-electron chi connectivity index (χ1n) is 10.2. The highest BCUT2D eigenvalue weighted by Crippen LogP contribution is 2.49. The molecule has 0 spiro atoms. The zero-order chi connectivity index (χ0) is 23.1. The Hall–Kier alpha value is -1.64. The number of halogens is 5. The Morgan fingerprint density at radius 3 is 2.53 bits per heavy atom. The topological polar surface area (TPSA) is 45.2 Å². The lowest BCUT2D eigenvalue weighted by atomic mass is 9.79. The number of carbonyl (C=O) groups excluding carboxylic acids is 1. The molecule has 172 valence electrons. The molecule has 4 rings (SSSR count). The van der Waals surface area contributed by atoms with Gasteiger partial charge < -0.3 is 10.2 Å². The van der Waals surface area contributed by atoms with Crippen LogP contribution < -0.4 is 10.2 Å². The van der Waals surface area contributed by atoms with Crippen LogP contribution in [0.15, 0.2) is 30.3 Å². The minimum atomic E-state index is -4.50. The SMILES string of the molecule is Cc1nc(N2CCC(c3cc(Cl)cc(Cl)c3)(C(F)(F)F)C2)ccc1C(=O)NCC1CCS1. The molecule has 32 heavy (non-hydrogen) atoms. The molecule has 2 aliphatic heterocycles. The monoisotopic (exact) mass is 503 g/mol. The molecular weight excluding hydrogens is 482 g/mol. The predicted octanol–water partition coefficient (Wildman–Crippen LogP) is 5.64. The molecular formula is C22H22Cl2F3N3OS. The van der Waals surface area contributed by atoms with Gasteiger partial charge in [0.2, 0.25) is 0 Å². The molecule has 1 amide bonds. The van der Waals surface area contributed by atoms with E-state index in [4.69, 9.17) is 23.2 Å². The summed E-state index contributed by atoms with van der Waals surface area (Å²) in [6.45, 7) is 2.16. The molecule has 0 saturated carbocycles. The number of rotatable bonds is 5. The summed E-state index contributed by atoms with van der Waals surface area (Å²) >= 11 is 13.8. The summed E-state index contributed by atoms with van der Waals surface area (Å²) in [4.78, 5) is 18.5. The molecule has 2 aliphatic rings. The van der Waals surface area contributed by atoms with E-state index in [9.17, 15) is 18.0 Å². The van der Waals surface area contributed by atoms with E-state index >= 15 is 0 Å². The van der Waals surface area contributed by atoms with Gasteiger partial charge in [0.05, 0.1) is 11.3 Å².